The first kappa shape index (κ1) is 19.2. The summed E-state index contributed by atoms with van der Waals surface area (Å²) in [5, 5.41) is 11.0. The number of halogens is 3. The fourth-order valence-electron chi connectivity index (χ4n) is 2.49. The monoisotopic (exact) mass is 401 g/mol. The van der Waals surface area contributed by atoms with Crippen LogP contribution in [0.4, 0.5) is 8.78 Å². The molecule has 2 aromatic rings. The molecule has 0 spiro atoms. The molecule has 1 aliphatic rings. The van der Waals surface area contributed by atoms with Crippen LogP contribution in [0, 0.1) is 5.92 Å². The molecule has 1 fully saturated rings. The summed E-state index contributed by atoms with van der Waals surface area (Å²) in [7, 11) is 0. The number of ether oxygens (including phenoxy) is 2. The van der Waals surface area contributed by atoms with E-state index < -0.39 is 12.7 Å². The Balaban J connectivity index is 1.80. The van der Waals surface area contributed by atoms with Crippen molar-refractivity contribution in [3.8, 4) is 11.5 Å². The van der Waals surface area contributed by atoms with Crippen molar-refractivity contribution in [3.05, 3.63) is 46.7 Å². The number of pyridine rings is 1. The number of benzene rings is 1. The minimum Gasteiger partial charge on any atom is -0.489 e. The Morgan fingerprint density at radius 2 is 2.04 bits per heavy atom. The fourth-order valence-corrected chi connectivity index (χ4v) is 3.07. The van der Waals surface area contributed by atoms with Crippen LogP contribution in [0.25, 0.3) is 0 Å². The molecule has 0 amide bonds. The van der Waals surface area contributed by atoms with Gasteiger partial charge in [-0.15, -0.1) is 12.6 Å². The molecule has 1 atom stereocenters. The summed E-state index contributed by atoms with van der Waals surface area (Å²) in [6, 6.07) is 4.43. The van der Waals surface area contributed by atoms with E-state index in [9.17, 15) is 13.9 Å². The zero-order chi connectivity index (χ0) is 18.7. The molecular weight excluding hydrogens is 384 g/mol. The van der Waals surface area contributed by atoms with Crippen molar-refractivity contribution in [1.82, 2.24) is 4.98 Å². The number of hydrogen-bond donors (Lipinski definition) is 2. The highest BCUT2D eigenvalue weighted by molar-refractivity contribution is 7.80. The van der Waals surface area contributed by atoms with E-state index in [1.165, 1.54) is 24.4 Å². The molecule has 140 valence electrons. The normalized spacial score (nSPS) is 15.2. The van der Waals surface area contributed by atoms with Crippen LogP contribution in [-0.2, 0) is 6.42 Å². The van der Waals surface area contributed by atoms with Crippen molar-refractivity contribution in [2.45, 2.75) is 36.9 Å². The van der Waals surface area contributed by atoms with Crippen LogP contribution in [0.2, 0.25) is 5.02 Å². The molecule has 0 radical (unpaired) electrons. The van der Waals surface area contributed by atoms with Gasteiger partial charge in [-0.05, 0) is 42.0 Å². The van der Waals surface area contributed by atoms with E-state index in [2.05, 4.69) is 22.3 Å². The molecule has 0 unspecified atom stereocenters. The van der Waals surface area contributed by atoms with Crippen LogP contribution < -0.4 is 9.47 Å². The number of thiol groups is 1. The summed E-state index contributed by atoms with van der Waals surface area (Å²) >= 11 is 10.4. The highest BCUT2D eigenvalue weighted by Crippen LogP contribution is 2.36. The fraction of sp³-hybridized carbons (Fsp3) is 0.389. The molecule has 1 N–H and O–H groups in total. The van der Waals surface area contributed by atoms with E-state index in [4.69, 9.17) is 16.3 Å². The van der Waals surface area contributed by atoms with E-state index in [0.717, 1.165) is 12.8 Å². The van der Waals surface area contributed by atoms with Gasteiger partial charge >= 0.3 is 6.61 Å². The van der Waals surface area contributed by atoms with Gasteiger partial charge in [0, 0.05) is 23.7 Å². The molecule has 4 nitrogen and oxygen atoms in total. The first-order valence-corrected chi connectivity index (χ1v) is 8.97. The Kier molecular flexibility index (Phi) is 6.21. The minimum atomic E-state index is -2.95. The van der Waals surface area contributed by atoms with Gasteiger partial charge in [0.15, 0.2) is 11.5 Å². The molecule has 26 heavy (non-hydrogen) atoms. The second-order valence-electron chi connectivity index (χ2n) is 6.18. The zero-order valence-corrected chi connectivity index (χ0v) is 15.4. The smallest absolute Gasteiger partial charge is 0.387 e. The van der Waals surface area contributed by atoms with E-state index in [-0.39, 0.29) is 17.9 Å². The van der Waals surface area contributed by atoms with Gasteiger partial charge < -0.3 is 14.6 Å². The zero-order valence-electron chi connectivity index (χ0n) is 13.7. The van der Waals surface area contributed by atoms with Gasteiger partial charge in [0.1, 0.15) is 0 Å². The maximum atomic E-state index is 12.6. The Morgan fingerprint density at radius 1 is 1.27 bits per heavy atom. The van der Waals surface area contributed by atoms with Crippen molar-refractivity contribution < 1.29 is 23.4 Å². The van der Waals surface area contributed by atoms with Gasteiger partial charge in [0.25, 0.3) is 0 Å². The summed E-state index contributed by atoms with van der Waals surface area (Å²) in [5.41, 5.74) is 1.17. The van der Waals surface area contributed by atoms with Gasteiger partial charge in [0.05, 0.1) is 17.7 Å². The third-order valence-corrected chi connectivity index (χ3v) is 4.83. The van der Waals surface area contributed by atoms with Gasteiger partial charge in [-0.3, -0.25) is 4.98 Å². The van der Waals surface area contributed by atoms with E-state index >= 15 is 0 Å². The van der Waals surface area contributed by atoms with Crippen molar-refractivity contribution >= 4 is 24.2 Å². The van der Waals surface area contributed by atoms with E-state index in [0.29, 0.717) is 33.6 Å². The third kappa shape index (κ3) is 4.99. The lowest BCUT2D eigenvalue weighted by atomic mass is 10.0. The predicted octanol–water partition coefficient (Wildman–Crippen LogP) is 4.69. The summed E-state index contributed by atoms with van der Waals surface area (Å²) in [5.74, 6) is 0.597. The lowest BCUT2D eigenvalue weighted by Crippen LogP contribution is -2.08. The minimum absolute atomic E-state index is 0.0478. The molecule has 1 heterocycles. The third-order valence-electron chi connectivity index (χ3n) is 4.12. The van der Waals surface area contributed by atoms with Crippen LogP contribution >= 0.6 is 24.2 Å². The molecule has 1 aliphatic carbocycles. The summed E-state index contributed by atoms with van der Waals surface area (Å²) < 4.78 is 35.3. The van der Waals surface area contributed by atoms with E-state index in [1.54, 1.807) is 6.20 Å². The predicted molar refractivity (Wildman–Crippen MR) is 96.5 cm³/mol. The number of rotatable bonds is 8. The molecule has 0 saturated heterocycles. The van der Waals surface area contributed by atoms with Gasteiger partial charge in [-0.1, -0.05) is 17.7 Å². The second kappa shape index (κ2) is 8.41. The Morgan fingerprint density at radius 3 is 2.69 bits per heavy atom. The second-order valence-corrected chi connectivity index (χ2v) is 7.07. The molecule has 1 saturated carbocycles. The highest BCUT2D eigenvalue weighted by atomic mass is 35.5. The first-order chi connectivity index (χ1) is 12.4. The SMILES string of the molecule is O[C@@H](Cc1c(S)cncc1Cl)c1ccc(OC(F)F)c(OCC2CC2)c1. The van der Waals surface area contributed by atoms with Gasteiger partial charge in [-0.25, -0.2) is 0 Å². The Labute approximate surface area is 160 Å². The van der Waals surface area contributed by atoms with Crippen molar-refractivity contribution in [2.24, 2.45) is 5.92 Å². The molecular formula is C18H18ClF2NO3S. The largest absolute Gasteiger partial charge is 0.489 e. The molecule has 0 bridgehead atoms. The quantitative estimate of drug-likeness (QED) is 0.630. The number of aliphatic hydroxyl groups is 1. The summed E-state index contributed by atoms with van der Waals surface area (Å²) in [6.45, 7) is -2.51. The van der Waals surface area contributed by atoms with Gasteiger partial charge in [0.2, 0.25) is 0 Å². The number of alkyl halides is 2. The van der Waals surface area contributed by atoms with Crippen molar-refractivity contribution in [2.75, 3.05) is 6.61 Å². The van der Waals surface area contributed by atoms with E-state index in [1.807, 2.05) is 0 Å². The maximum absolute atomic E-state index is 12.6. The van der Waals surface area contributed by atoms with Crippen LogP contribution in [0.1, 0.15) is 30.1 Å². The van der Waals surface area contributed by atoms with Crippen LogP contribution in [0.3, 0.4) is 0 Å². The summed E-state index contributed by atoms with van der Waals surface area (Å²) in [6.07, 6.45) is 4.45. The average Bonchev–Trinajstić information content (AvgIpc) is 3.41. The molecule has 1 aromatic heterocycles. The lowest BCUT2D eigenvalue weighted by Gasteiger charge is -2.17. The van der Waals surface area contributed by atoms with Gasteiger partial charge in [-0.2, -0.15) is 8.78 Å². The number of nitrogens with zero attached hydrogens (tertiary/aromatic N) is 1. The number of hydrogen-bond acceptors (Lipinski definition) is 5. The average molecular weight is 402 g/mol. The molecule has 0 aliphatic heterocycles. The molecule has 8 heteroatoms. The first-order valence-electron chi connectivity index (χ1n) is 8.15. The Bertz CT molecular complexity index is 754. The standard InChI is InChI=1S/C18H18ClF2NO3S/c19-13-7-22-8-17(26)12(13)6-14(23)11-3-4-15(25-18(20)21)16(5-11)24-9-10-1-2-10/h3-5,7-8,10,14,18,23,26H,1-2,6,9H2/t14-/m0/s1. The van der Waals surface area contributed by atoms with Crippen LogP contribution in [-0.4, -0.2) is 23.3 Å². The topological polar surface area (TPSA) is 51.6 Å². The lowest BCUT2D eigenvalue weighted by molar-refractivity contribution is -0.0515. The highest BCUT2D eigenvalue weighted by Gasteiger charge is 2.24. The summed E-state index contributed by atoms with van der Waals surface area (Å²) in [4.78, 5) is 4.50. The Hall–Kier alpha value is -1.57. The molecule has 3 rings (SSSR count). The van der Waals surface area contributed by atoms with Crippen LogP contribution in [0.15, 0.2) is 35.5 Å². The van der Waals surface area contributed by atoms with Crippen molar-refractivity contribution in [3.63, 3.8) is 0 Å². The maximum Gasteiger partial charge on any atom is 0.387 e. The number of aliphatic hydroxyl groups excluding tert-OH is 1. The van der Waals surface area contributed by atoms with Crippen molar-refractivity contribution in [1.29, 1.82) is 0 Å². The molecule has 1 aromatic carbocycles. The number of aromatic nitrogens is 1. The van der Waals surface area contributed by atoms with Crippen LogP contribution in [0.5, 0.6) is 11.5 Å².